The molecule has 2 aromatic rings. The minimum atomic E-state index is -0.443. The van der Waals surface area contributed by atoms with E-state index in [-0.39, 0.29) is 42.0 Å². The summed E-state index contributed by atoms with van der Waals surface area (Å²) in [6, 6.07) is 6.65. The van der Waals surface area contributed by atoms with Crippen molar-refractivity contribution in [2.75, 3.05) is 13.1 Å². The number of hydrogen-bond acceptors (Lipinski definition) is 6. The van der Waals surface area contributed by atoms with Gasteiger partial charge in [0.05, 0.1) is 17.5 Å². The molecule has 2 fully saturated rings. The number of non-ortho nitro benzene ring substituents is 1. The van der Waals surface area contributed by atoms with Gasteiger partial charge in [0.25, 0.3) is 5.69 Å². The molecule has 1 saturated heterocycles. The summed E-state index contributed by atoms with van der Waals surface area (Å²) < 4.78 is 1.55. The van der Waals surface area contributed by atoms with E-state index in [4.69, 9.17) is 5.26 Å². The zero-order valence-electron chi connectivity index (χ0n) is 17.2. The largest absolute Gasteiger partial charge is 0.326 e. The van der Waals surface area contributed by atoms with E-state index in [1.54, 1.807) is 27.9 Å². The first-order valence-electron chi connectivity index (χ1n) is 10.7. The number of nitrogens with zero attached hydrogens (tertiary/aromatic N) is 4. The smallest absolute Gasteiger partial charge is 0.270 e. The maximum absolute atomic E-state index is 12.9. The van der Waals surface area contributed by atoms with Gasteiger partial charge in [0.1, 0.15) is 6.04 Å². The Labute approximate surface area is 179 Å². The van der Waals surface area contributed by atoms with Crippen LogP contribution in [0.25, 0.3) is 10.8 Å². The molecule has 0 radical (unpaired) electrons. The topological polar surface area (TPSA) is 121 Å². The standard InChI is InChI=1S/C22H25N5O4/c23-11-20-2-1-9-26(20)21(28)12-24-18-6-3-15(4-7-18)22(29)25-13-16-5-8-19(27(30)31)10-17(16)14-25/h5,8,10,13-15,18,20,24H,1-4,6-7,9,12H2/t15?,18?,20-/m0/s1. The molecule has 31 heavy (non-hydrogen) atoms. The summed E-state index contributed by atoms with van der Waals surface area (Å²) in [7, 11) is 0. The summed E-state index contributed by atoms with van der Waals surface area (Å²) >= 11 is 0. The summed E-state index contributed by atoms with van der Waals surface area (Å²) in [4.78, 5) is 37.5. The van der Waals surface area contributed by atoms with Gasteiger partial charge in [0, 0.05) is 53.8 Å². The predicted molar refractivity (Wildman–Crippen MR) is 113 cm³/mol. The maximum Gasteiger partial charge on any atom is 0.270 e. The number of carbonyl (C=O) groups is 2. The number of likely N-dealkylation sites (tertiary alicyclic amines) is 1. The van der Waals surface area contributed by atoms with E-state index in [1.165, 1.54) is 12.1 Å². The zero-order chi connectivity index (χ0) is 22.0. The van der Waals surface area contributed by atoms with Crippen LogP contribution in [0.5, 0.6) is 0 Å². The second-order valence-corrected chi connectivity index (χ2v) is 8.38. The van der Waals surface area contributed by atoms with Crippen molar-refractivity contribution < 1.29 is 14.5 Å². The summed E-state index contributed by atoms with van der Waals surface area (Å²) in [6.07, 6.45) is 8.07. The van der Waals surface area contributed by atoms with Gasteiger partial charge >= 0.3 is 0 Å². The van der Waals surface area contributed by atoms with E-state index in [9.17, 15) is 19.7 Å². The Bertz CT molecular complexity index is 1050. The van der Waals surface area contributed by atoms with E-state index in [1.807, 2.05) is 0 Å². The Balaban J connectivity index is 1.30. The Morgan fingerprint density at radius 1 is 1.16 bits per heavy atom. The van der Waals surface area contributed by atoms with Crippen LogP contribution in [0.2, 0.25) is 0 Å². The molecule has 9 heteroatoms. The van der Waals surface area contributed by atoms with Crippen molar-refractivity contribution in [3.63, 3.8) is 0 Å². The van der Waals surface area contributed by atoms with Crippen molar-refractivity contribution in [2.24, 2.45) is 5.92 Å². The van der Waals surface area contributed by atoms with Gasteiger partial charge in [0.15, 0.2) is 0 Å². The van der Waals surface area contributed by atoms with Crippen LogP contribution in [0.3, 0.4) is 0 Å². The van der Waals surface area contributed by atoms with Gasteiger partial charge < -0.3 is 10.2 Å². The van der Waals surface area contributed by atoms with Gasteiger partial charge in [-0.25, -0.2) is 0 Å². The van der Waals surface area contributed by atoms with Crippen LogP contribution in [0, 0.1) is 27.4 Å². The van der Waals surface area contributed by atoms with Crippen molar-refractivity contribution >= 4 is 28.3 Å². The van der Waals surface area contributed by atoms with Crippen molar-refractivity contribution in [1.82, 2.24) is 14.8 Å². The van der Waals surface area contributed by atoms with Gasteiger partial charge in [-0.15, -0.1) is 0 Å². The number of fused-ring (bicyclic) bond motifs is 1. The van der Waals surface area contributed by atoms with Crippen molar-refractivity contribution in [3.8, 4) is 6.07 Å². The number of nitro benzene ring substituents is 1. The number of aromatic nitrogens is 1. The highest BCUT2D eigenvalue weighted by Crippen LogP contribution is 2.28. The van der Waals surface area contributed by atoms with Gasteiger partial charge in [-0.05, 0) is 44.6 Å². The fourth-order valence-corrected chi connectivity index (χ4v) is 4.66. The lowest BCUT2D eigenvalue weighted by atomic mass is 9.85. The van der Waals surface area contributed by atoms with E-state index in [0.29, 0.717) is 11.9 Å². The van der Waals surface area contributed by atoms with Gasteiger partial charge in [0.2, 0.25) is 11.8 Å². The minimum absolute atomic E-state index is 0.00214. The third-order valence-electron chi connectivity index (χ3n) is 6.43. The number of hydrogen-bond donors (Lipinski definition) is 1. The summed E-state index contributed by atoms with van der Waals surface area (Å²) in [5, 5.41) is 24.9. The highest BCUT2D eigenvalue weighted by molar-refractivity contribution is 5.91. The first-order chi connectivity index (χ1) is 15.0. The van der Waals surface area contributed by atoms with E-state index in [2.05, 4.69) is 11.4 Å². The molecule has 1 aliphatic heterocycles. The van der Waals surface area contributed by atoms with Crippen LogP contribution in [-0.4, -0.2) is 51.4 Å². The fraction of sp³-hybridized carbons (Fsp3) is 0.500. The Morgan fingerprint density at radius 3 is 2.61 bits per heavy atom. The third kappa shape index (κ3) is 4.44. The highest BCUT2D eigenvalue weighted by atomic mass is 16.6. The molecule has 0 bridgehead atoms. The summed E-state index contributed by atoms with van der Waals surface area (Å²) in [6.45, 7) is 0.873. The number of rotatable bonds is 5. The van der Waals surface area contributed by atoms with Crippen molar-refractivity contribution in [3.05, 3.63) is 40.7 Å². The molecule has 1 atom stereocenters. The fourth-order valence-electron chi connectivity index (χ4n) is 4.66. The third-order valence-corrected chi connectivity index (χ3v) is 6.43. The summed E-state index contributed by atoms with van der Waals surface area (Å²) in [5.41, 5.74) is 0.00819. The quantitative estimate of drug-likeness (QED) is 0.583. The Hall–Kier alpha value is -3.25. The first-order valence-corrected chi connectivity index (χ1v) is 10.7. The number of nitro groups is 1. The second-order valence-electron chi connectivity index (χ2n) is 8.38. The SMILES string of the molecule is N#C[C@@H]1CCCN1C(=O)CNC1CCC(C(=O)n2cc3ccc([N+](=O)[O-])cc3c2)CC1. The van der Waals surface area contributed by atoms with Crippen LogP contribution in [0.15, 0.2) is 30.6 Å². The number of nitriles is 1. The van der Waals surface area contributed by atoms with Crippen molar-refractivity contribution in [1.29, 1.82) is 5.26 Å². The van der Waals surface area contributed by atoms with E-state index < -0.39 is 4.92 Å². The molecule has 1 aliphatic carbocycles. The van der Waals surface area contributed by atoms with E-state index in [0.717, 1.165) is 43.9 Å². The Morgan fingerprint density at radius 2 is 1.90 bits per heavy atom. The molecule has 1 aromatic carbocycles. The molecule has 162 valence electrons. The number of nitrogens with one attached hydrogen (secondary N) is 1. The molecule has 2 aliphatic rings. The molecular weight excluding hydrogens is 398 g/mol. The lowest BCUT2D eigenvalue weighted by Gasteiger charge is -2.29. The van der Waals surface area contributed by atoms with E-state index >= 15 is 0 Å². The normalized spacial score (nSPS) is 23.6. The second kappa shape index (κ2) is 8.86. The molecule has 1 saturated carbocycles. The van der Waals surface area contributed by atoms with Gasteiger partial charge in [-0.1, -0.05) is 0 Å². The molecule has 0 unspecified atom stereocenters. The molecular formula is C22H25N5O4. The highest BCUT2D eigenvalue weighted by Gasteiger charge is 2.30. The summed E-state index contributed by atoms with van der Waals surface area (Å²) in [5.74, 6) is -0.134. The zero-order valence-corrected chi connectivity index (χ0v) is 17.2. The minimum Gasteiger partial charge on any atom is -0.326 e. The molecule has 1 N–H and O–H groups in total. The van der Waals surface area contributed by atoms with Gasteiger partial charge in [-0.2, -0.15) is 5.26 Å². The van der Waals surface area contributed by atoms with Gasteiger partial charge in [-0.3, -0.25) is 24.3 Å². The van der Waals surface area contributed by atoms with Crippen LogP contribution in [-0.2, 0) is 4.79 Å². The lowest BCUT2D eigenvalue weighted by Crippen LogP contribution is -2.44. The molecule has 4 rings (SSSR count). The number of amides is 1. The molecule has 2 heterocycles. The van der Waals surface area contributed by atoms with Crippen LogP contribution in [0.1, 0.15) is 43.3 Å². The number of benzene rings is 1. The van der Waals surface area contributed by atoms with Crippen LogP contribution < -0.4 is 5.32 Å². The molecule has 9 nitrogen and oxygen atoms in total. The van der Waals surface area contributed by atoms with Crippen LogP contribution >= 0.6 is 0 Å². The van der Waals surface area contributed by atoms with Crippen LogP contribution in [0.4, 0.5) is 5.69 Å². The number of carbonyl (C=O) groups excluding carboxylic acids is 2. The average Bonchev–Trinajstić information content (AvgIpc) is 3.43. The first kappa shape index (κ1) is 21.0. The maximum atomic E-state index is 12.9. The molecule has 1 amide bonds. The Kier molecular flexibility index (Phi) is 6.00. The lowest BCUT2D eigenvalue weighted by molar-refractivity contribution is -0.384. The predicted octanol–water partition coefficient (Wildman–Crippen LogP) is 2.85. The molecule has 0 spiro atoms. The monoisotopic (exact) mass is 423 g/mol. The molecule has 1 aromatic heterocycles. The average molecular weight is 423 g/mol. The van der Waals surface area contributed by atoms with Crippen molar-refractivity contribution in [2.45, 2.75) is 50.6 Å².